The smallest absolute Gasteiger partial charge is 0.0757 e. The molecule has 0 aromatic heterocycles. The minimum absolute atomic E-state index is 0.0117. The number of ether oxygens (including phenoxy) is 1. The lowest BCUT2D eigenvalue weighted by Gasteiger charge is -2.42. The van der Waals surface area contributed by atoms with Crippen molar-refractivity contribution in [2.75, 3.05) is 26.2 Å². The fourth-order valence-electron chi connectivity index (χ4n) is 3.44. The van der Waals surface area contributed by atoms with Gasteiger partial charge in [0.25, 0.3) is 0 Å². The van der Waals surface area contributed by atoms with Gasteiger partial charge in [-0.25, -0.2) is 0 Å². The average molecular weight is 270 g/mol. The van der Waals surface area contributed by atoms with Crippen LogP contribution in [0, 0.1) is 5.92 Å². The van der Waals surface area contributed by atoms with Crippen LogP contribution in [0.15, 0.2) is 0 Å². The highest BCUT2D eigenvalue weighted by Crippen LogP contribution is 2.22. The second kappa shape index (κ2) is 8.23. The third-order valence-electron chi connectivity index (χ3n) is 4.00. The number of hydrogen-bond acceptors (Lipinski definition) is 3. The van der Waals surface area contributed by atoms with Crippen LogP contribution in [0.5, 0.6) is 0 Å². The molecule has 0 aromatic rings. The van der Waals surface area contributed by atoms with Crippen LogP contribution in [-0.4, -0.2) is 42.8 Å². The second-order valence-electron chi connectivity index (χ2n) is 6.80. The van der Waals surface area contributed by atoms with Gasteiger partial charge in [0.2, 0.25) is 0 Å². The van der Waals surface area contributed by atoms with Gasteiger partial charge < -0.3 is 10.5 Å². The Morgan fingerprint density at radius 2 is 2.05 bits per heavy atom. The van der Waals surface area contributed by atoms with E-state index in [2.05, 4.69) is 32.6 Å². The maximum Gasteiger partial charge on any atom is 0.0757 e. The molecule has 0 radical (unpaired) electrons. The summed E-state index contributed by atoms with van der Waals surface area (Å²) in [6.45, 7) is 13.0. The van der Waals surface area contributed by atoms with Gasteiger partial charge in [-0.2, -0.15) is 0 Å². The Morgan fingerprint density at radius 1 is 1.32 bits per heavy atom. The molecule has 0 aliphatic carbocycles. The number of hydrogen-bond donors (Lipinski definition) is 1. The molecule has 1 aliphatic heterocycles. The van der Waals surface area contributed by atoms with E-state index in [9.17, 15) is 0 Å². The van der Waals surface area contributed by atoms with E-state index in [4.69, 9.17) is 10.5 Å². The topological polar surface area (TPSA) is 38.5 Å². The molecule has 114 valence electrons. The molecule has 19 heavy (non-hydrogen) atoms. The van der Waals surface area contributed by atoms with Crippen LogP contribution in [0.2, 0.25) is 0 Å². The van der Waals surface area contributed by atoms with Crippen LogP contribution < -0.4 is 5.73 Å². The number of nitrogens with two attached hydrogens (primary N) is 1. The zero-order valence-electron chi connectivity index (χ0n) is 13.5. The van der Waals surface area contributed by atoms with Crippen molar-refractivity contribution in [3.63, 3.8) is 0 Å². The molecule has 1 heterocycles. The van der Waals surface area contributed by atoms with E-state index in [0.717, 1.165) is 25.6 Å². The Balaban J connectivity index is 2.27. The van der Waals surface area contributed by atoms with Gasteiger partial charge in [-0.1, -0.05) is 19.8 Å². The fourth-order valence-corrected chi connectivity index (χ4v) is 3.44. The fraction of sp³-hybridized carbons (Fsp3) is 1.00. The summed E-state index contributed by atoms with van der Waals surface area (Å²) in [5, 5.41) is 0. The average Bonchev–Trinajstić information content (AvgIpc) is 2.26. The minimum atomic E-state index is 0.0117. The lowest BCUT2D eigenvalue weighted by atomic mass is 9.94. The quantitative estimate of drug-likeness (QED) is 0.737. The molecule has 1 aliphatic rings. The highest BCUT2D eigenvalue weighted by molar-refractivity contribution is 4.82. The normalized spacial score (nSPS) is 25.4. The van der Waals surface area contributed by atoms with Gasteiger partial charge in [0.1, 0.15) is 0 Å². The van der Waals surface area contributed by atoms with E-state index in [1.54, 1.807) is 0 Å². The van der Waals surface area contributed by atoms with Crippen molar-refractivity contribution in [3.05, 3.63) is 0 Å². The summed E-state index contributed by atoms with van der Waals surface area (Å²) < 4.78 is 5.95. The largest absolute Gasteiger partial charge is 0.370 e. The van der Waals surface area contributed by atoms with Gasteiger partial charge >= 0.3 is 0 Å². The van der Waals surface area contributed by atoms with Crippen molar-refractivity contribution < 1.29 is 4.74 Å². The van der Waals surface area contributed by atoms with Crippen LogP contribution >= 0.6 is 0 Å². The van der Waals surface area contributed by atoms with E-state index in [1.807, 2.05) is 0 Å². The molecular weight excluding hydrogens is 236 g/mol. The first-order valence-corrected chi connectivity index (χ1v) is 8.07. The molecular formula is C16H34N2O. The second-order valence-corrected chi connectivity index (χ2v) is 6.80. The SMILES string of the molecule is CCCC(CCN)CCCN1CC(C)OC(C)(C)C1. The maximum atomic E-state index is 5.95. The molecule has 2 N–H and O–H groups in total. The first-order chi connectivity index (χ1) is 8.96. The summed E-state index contributed by atoms with van der Waals surface area (Å²) in [5.41, 5.74) is 5.71. The van der Waals surface area contributed by atoms with E-state index >= 15 is 0 Å². The third-order valence-corrected chi connectivity index (χ3v) is 4.00. The monoisotopic (exact) mass is 270 g/mol. The molecule has 0 bridgehead atoms. The molecule has 0 spiro atoms. The molecule has 2 unspecified atom stereocenters. The standard InChI is InChI=1S/C16H34N2O/c1-5-7-15(9-10-17)8-6-11-18-12-14(2)19-16(3,4)13-18/h14-15H,5-13,17H2,1-4H3. The summed E-state index contributed by atoms with van der Waals surface area (Å²) in [7, 11) is 0. The Bertz CT molecular complexity index is 237. The number of rotatable bonds is 8. The first kappa shape index (κ1) is 16.9. The zero-order valence-corrected chi connectivity index (χ0v) is 13.5. The predicted octanol–water partition coefficient (Wildman–Crippen LogP) is 3.03. The zero-order chi connectivity index (χ0) is 14.3. The van der Waals surface area contributed by atoms with Gasteiger partial charge in [0, 0.05) is 13.1 Å². The highest BCUT2D eigenvalue weighted by Gasteiger charge is 2.30. The van der Waals surface area contributed by atoms with Crippen molar-refractivity contribution in [1.29, 1.82) is 0 Å². The Kier molecular flexibility index (Phi) is 7.33. The number of morpholine rings is 1. The van der Waals surface area contributed by atoms with Crippen molar-refractivity contribution in [1.82, 2.24) is 4.90 Å². The lowest BCUT2D eigenvalue weighted by Crippen LogP contribution is -2.51. The summed E-state index contributed by atoms with van der Waals surface area (Å²) in [6.07, 6.45) is 6.80. The Labute approximate surface area is 119 Å². The van der Waals surface area contributed by atoms with Gasteiger partial charge in [-0.15, -0.1) is 0 Å². The molecule has 1 saturated heterocycles. The van der Waals surface area contributed by atoms with Crippen molar-refractivity contribution >= 4 is 0 Å². The maximum absolute atomic E-state index is 5.95. The molecule has 0 amide bonds. The Morgan fingerprint density at radius 3 is 2.63 bits per heavy atom. The summed E-state index contributed by atoms with van der Waals surface area (Å²) in [6, 6.07) is 0. The molecule has 0 saturated carbocycles. The van der Waals surface area contributed by atoms with Gasteiger partial charge in [-0.3, -0.25) is 4.90 Å². The molecule has 1 rings (SSSR count). The molecule has 3 nitrogen and oxygen atoms in total. The Hall–Kier alpha value is -0.120. The van der Waals surface area contributed by atoms with Crippen LogP contribution in [0.25, 0.3) is 0 Å². The predicted molar refractivity (Wildman–Crippen MR) is 82.4 cm³/mol. The summed E-state index contributed by atoms with van der Waals surface area (Å²) >= 11 is 0. The van der Waals surface area contributed by atoms with E-state index in [0.29, 0.717) is 6.10 Å². The van der Waals surface area contributed by atoms with Crippen molar-refractivity contribution in [2.24, 2.45) is 11.7 Å². The van der Waals surface area contributed by atoms with Gasteiger partial charge in [0.15, 0.2) is 0 Å². The molecule has 2 atom stereocenters. The van der Waals surface area contributed by atoms with Gasteiger partial charge in [-0.05, 0) is 59.0 Å². The molecule has 0 aromatic carbocycles. The van der Waals surface area contributed by atoms with Crippen LogP contribution in [-0.2, 0) is 4.74 Å². The van der Waals surface area contributed by atoms with E-state index in [1.165, 1.54) is 38.6 Å². The highest BCUT2D eigenvalue weighted by atomic mass is 16.5. The van der Waals surface area contributed by atoms with Crippen molar-refractivity contribution in [2.45, 2.75) is 71.5 Å². The van der Waals surface area contributed by atoms with Crippen LogP contribution in [0.3, 0.4) is 0 Å². The molecule has 3 heteroatoms. The minimum Gasteiger partial charge on any atom is -0.370 e. The van der Waals surface area contributed by atoms with Gasteiger partial charge in [0.05, 0.1) is 11.7 Å². The summed E-state index contributed by atoms with van der Waals surface area (Å²) in [5.74, 6) is 0.835. The van der Waals surface area contributed by atoms with E-state index in [-0.39, 0.29) is 5.60 Å². The first-order valence-electron chi connectivity index (χ1n) is 8.07. The van der Waals surface area contributed by atoms with E-state index < -0.39 is 0 Å². The van der Waals surface area contributed by atoms with Crippen LogP contribution in [0.1, 0.15) is 59.8 Å². The summed E-state index contributed by atoms with van der Waals surface area (Å²) in [4.78, 5) is 2.57. The van der Waals surface area contributed by atoms with Crippen molar-refractivity contribution in [3.8, 4) is 0 Å². The molecule has 1 fully saturated rings. The number of nitrogens with zero attached hydrogens (tertiary/aromatic N) is 1. The third kappa shape index (κ3) is 6.73. The lowest BCUT2D eigenvalue weighted by molar-refractivity contribution is -0.128. The van der Waals surface area contributed by atoms with Crippen LogP contribution in [0.4, 0.5) is 0 Å².